The van der Waals surface area contributed by atoms with Gasteiger partial charge < -0.3 is 15.1 Å². The summed E-state index contributed by atoms with van der Waals surface area (Å²) >= 11 is 7.83. The molecule has 1 saturated heterocycles. The number of carbonyl (C=O) groups is 1. The lowest BCUT2D eigenvalue weighted by atomic mass is 9.73. The fourth-order valence-electron chi connectivity index (χ4n) is 6.42. The third-order valence-corrected chi connectivity index (χ3v) is 9.69. The number of rotatable bonds is 8. The Morgan fingerprint density at radius 3 is 2.38 bits per heavy atom. The Morgan fingerprint density at radius 1 is 0.952 bits per heavy atom. The van der Waals surface area contributed by atoms with Crippen molar-refractivity contribution in [2.75, 3.05) is 44.2 Å². The van der Waals surface area contributed by atoms with Gasteiger partial charge in [-0.05, 0) is 72.8 Å². The predicted octanol–water partition coefficient (Wildman–Crippen LogP) is 7.28. The van der Waals surface area contributed by atoms with Crippen LogP contribution in [0.4, 0.5) is 18.3 Å². The molecular formula is C32H32ClF3N4OS. The molecule has 1 aromatic heterocycles. The normalized spacial score (nSPS) is 16.7. The number of benzene rings is 3. The van der Waals surface area contributed by atoms with Gasteiger partial charge in [0.25, 0.3) is 0 Å². The molecule has 2 heterocycles. The van der Waals surface area contributed by atoms with Crippen LogP contribution in [0.2, 0.25) is 5.02 Å². The average Bonchev–Trinajstić information content (AvgIpc) is 3.42. The maximum Gasteiger partial charge on any atom is 0.405 e. The van der Waals surface area contributed by atoms with E-state index >= 15 is 0 Å². The van der Waals surface area contributed by atoms with Gasteiger partial charge in [0, 0.05) is 24.7 Å². The zero-order chi connectivity index (χ0) is 29.3. The van der Waals surface area contributed by atoms with Crippen LogP contribution in [0.3, 0.4) is 0 Å². The van der Waals surface area contributed by atoms with Crippen LogP contribution in [-0.2, 0) is 10.2 Å². The average molecular weight is 613 g/mol. The van der Waals surface area contributed by atoms with Crippen molar-refractivity contribution in [3.8, 4) is 11.1 Å². The lowest BCUT2D eigenvalue weighted by Crippen LogP contribution is -2.47. The minimum Gasteiger partial charge on any atom is -0.347 e. The van der Waals surface area contributed by atoms with Crippen LogP contribution in [0.25, 0.3) is 21.3 Å². The second kappa shape index (κ2) is 11.9. The molecule has 0 spiro atoms. The lowest BCUT2D eigenvalue weighted by Gasteiger charge is -2.31. The Hall–Kier alpha value is -3.14. The van der Waals surface area contributed by atoms with Crippen molar-refractivity contribution in [1.29, 1.82) is 0 Å². The van der Waals surface area contributed by atoms with Gasteiger partial charge in [0.2, 0.25) is 5.91 Å². The molecule has 10 heteroatoms. The molecule has 0 unspecified atom stereocenters. The van der Waals surface area contributed by atoms with E-state index in [1.807, 2.05) is 66.7 Å². The molecule has 0 bridgehead atoms. The fraction of sp³-hybridized carbons (Fsp3) is 0.375. The highest BCUT2D eigenvalue weighted by Crippen LogP contribution is 2.51. The molecule has 1 aliphatic carbocycles. The van der Waals surface area contributed by atoms with Gasteiger partial charge in [-0.3, -0.25) is 4.79 Å². The first kappa shape index (κ1) is 29.0. The van der Waals surface area contributed by atoms with Gasteiger partial charge >= 0.3 is 6.18 Å². The molecule has 0 saturated carbocycles. The number of nitrogens with zero attached hydrogens (tertiary/aromatic N) is 3. The molecule has 1 amide bonds. The number of hydrogen-bond donors (Lipinski definition) is 1. The van der Waals surface area contributed by atoms with E-state index in [9.17, 15) is 18.0 Å². The SMILES string of the molecule is O=C(NCC(F)(F)F)C1(CCCCN2CCCN(c3nc4ccc(Cl)cc4s3)CC2)c2ccccc2-c2ccccc21. The number of aromatic nitrogens is 1. The van der Waals surface area contributed by atoms with E-state index in [1.54, 1.807) is 11.3 Å². The van der Waals surface area contributed by atoms with Crippen LogP contribution in [0.1, 0.15) is 36.8 Å². The molecule has 1 fully saturated rings. The highest BCUT2D eigenvalue weighted by Gasteiger charge is 2.49. The van der Waals surface area contributed by atoms with E-state index in [-0.39, 0.29) is 0 Å². The van der Waals surface area contributed by atoms with Gasteiger partial charge in [0.05, 0.1) is 10.2 Å². The number of fused-ring (bicyclic) bond motifs is 4. The first-order valence-corrected chi connectivity index (χ1v) is 15.5. The maximum atomic E-state index is 13.7. The van der Waals surface area contributed by atoms with Crippen molar-refractivity contribution in [1.82, 2.24) is 15.2 Å². The number of anilines is 1. The van der Waals surface area contributed by atoms with Crippen molar-refractivity contribution >= 4 is 44.2 Å². The standard InChI is InChI=1S/C32H32ClF3N4OS/c33-22-12-13-27-28(20-22)42-30(38-27)40-17-7-16-39(18-19-40)15-6-5-14-31(29(41)37-21-32(34,35)36)25-10-3-1-8-23(25)24-9-2-4-11-26(24)31/h1-4,8-13,20H,5-7,14-19,21H2,(H,37,41). The fourth-order valence-corrected chi connectivity index (χ4v) is 7.71. The molecule has 220 valence electrons. The minimum atomic E-state index is -4.48. The van der Waals surface area contributed by atoms with Crippen LogP contribution in [0.5, 0.6) is 0 Å². The molecule has 4 aromatic rings. The minimum absolute atomic E-state index is 0.443. The third kappa shape index (κ3) is 5.74. The Bertz CT molecular complexity index is 1540. The molecular weight excluding hydrogens is 581 g/mol. The molecule has 3 aromatic carbocycles. The van der Waals surface area contributed by atoms with E-state index in [1.165, 1.54) is 0 Å². The summed E-state index contributed by atoms with van der Waals surface area (Å²) in [5.74, 6) is -0.584. The quantitative estimate of drug-likeness (QED) is 0.213. The van der Waals surface area contributed by atoms with Gasteiger partial charge in [-0.1, -0.05) is 77.9 Å². The summed E-state index contributed by atoms with van der Waals surface area (Å²) in [5, 5.41) is 3.95. The van der Waals surface area contributed by atoms with E-state index in [2.05, 4.69) is 15.1 Å². The first-order valence-electron chi connectivity index (χ1n) is 14.3. The second-order valence-corrected chi connectivity index (χ2v) is 12.5. The van der Waals surface area contributed by atoms with E-state index in [4.69, 9.17) is 16.6 Å². The molecule has 42 heavy (non-hydrogen) atoms. The third-order valence-electron chi connectivity index (χ3n) is 8.38. The summed E-state index contributed by atoms with van der Waals surface area (Å²) in [7, 11) is 0. The van der Waals surface area contributed by atoms with Gasteiger partial charge in [0.1, 0.15) is 12.0 Å². The van der Waals surface area contributed by atoms with E-state index in [0.29, 0.717) is 17.9 Å². The molecule has 6 rings (SSSR count). The highest BCUT2D eigenvalue weighted by molar-refractivity contribution is 7.22. The van der Waals surface area contributed by atoms with E-state index < -0.39 is 24.0 Å². The number of hydrogen-bond acceptors (Lipinski definition) is 5. The van der Waals surface area contributed by atoms with Gasteiger partial charge in [-0.15, -0.1) is 0 Å². The largest absolute Gasteiger partial charge is 0.405 e. The Labute approximate surface area is 252 Å². The van der Waals surface area contributed by atoms with Gasteiger partial charge in [-0.25, -0.2) is 4.98 Å². The van der Waals surface area contributed by atoms with Gasteiger partial charge in [-0.2, -0.15) is 13.2 Å². The number of alkyl halides is 3. The lowest BCUT2D eigenvalue weighted by molar-refractivity contribution is -0.141. The summed E-state index contributed by atoms with van der Waals surface area (Å²) in [6, 6.07) is 21.0. The van der Waals surface area contributed by atoms with Crippen LogP contribution in [-0.4, -0.2) is 61.2 Å². The topological polar surface area (TPSA) is 48.5 Å². The molecule has 1 aliphatic heterocycles. The molecule has 0 radical (unpaired) electrons. The van der Waals surface area contributed by atoms with Crippen LogP contribution >= 0.6 is 22.9 Å². The Balaban J connectivity index is 1.13. The molecule has 2 aliphatic rings. The van der Waals surface area contributed by atoms with Crippen LogP contribution in [0, 0.1) is 0 Å². The number of nitrogens with one attached hydrogen (secondary N) is 1. The number of carbonyl (C=O) groups excluding carboxylic acids is 1. The molecule has 1 N–H and O–H groups in total. The summed E-state index contributed by atoms with van der Waals surface area (Å²) in [6.07, 6.45) is -1.47. The summed E-state index contributed by atoms with van der Waals surface area (Å²) in [4.78, 5) is 23.3. The second-order valence-electron chi connectivity index (χ2n) is 11.0. The number of halogens is 4. The van der Waals surface area contributed by atoms with Crippen molar-refractivity contribution in [2.45, 2.75) is 37.3 Å². The number of amides is 1. The summed E-state index contributed by atoms with van der Waals surface area (Å²) in [6.45, 7) is 3.20. The zero-order valence-corrected chi connectivity index (χ0v) is 24.7. The Kier molecular flexibility index (Phi) is 8.18. The highest BCUT2D eigenvalue weighted by atomic mass is 35.5. The van der Waals surface area contributed by atoms with Crippen molar-refractivity contribution in [3.05, 3.63) is 82.9 Å². The maximum absolute atomic E-state index is 13.7. The number of thiazole rings is 1. The summed E-state index contributed by atoms with van der Waals surface area (Å²) in [5.41, 5.74) is 3.22. The first-order chi connectivity index (χ1) is 20.2. The smallest absolute Gasteiger partial charge is 0.347 e. The predicted molar refractivity (Wildman–Crippen MR) is 163 cm³/mol. The molecule has 5 nitrogen and oxygen atoms in total. The Morgan fingerprint density at radius 2 is 1.67 bits per heavy atom. The van der Waals surface area contributed by atoms with Crippen LogP contribution in [0.15, 0.2) is 66.7 Å². The molecule has 0 atom stereocenters. The summed E-state index contributed by atoms with van der Waals surface area (Å²) < 4.78 is 40.5. The van der Waals surface area contributed by atoms with Crippen molar-refractivity contribution in [3.63, 3.8) is 0 Å². The zero-order valence-electron chi connectivity index (χ0n) is 23.1. The number of unbranched alkanes of at least 4 members (excludes halogenated alkanes) is 1. The van der Waals surface area contributed by atoms with Crippen molar-refractivity contribution < 1.29 is 18.0 Å². The van der Waals surface area contributed by atoms with E-state index in [0.717, 1.165) is 83.2 Å². The van der Waals surface area contributed by atoms with Crippen LogP contribution < -0.4 is 10.2 Å². The van der Waals surface area contributed by atoms with Crippen molar-refractivity contribution in [2.24, 2.45) is 0 Å². The monoisotopic (exact) mass is 612 g/mol. The van der Waals surface area contributed by atoms with Gasteiger partial charge in [0.15, 0.2) is 5.13 Å².